The summed E-state index contributed by atoms with van der Waals surface area (Å²) in [5.41, 5.74) is 0. The van der Waals surface area contributed by atoms with Gasteiger partial charge in [-0.15, -0.1) is 0 Å². The Morgan fingerprint density at radius 3 is 1.70 bits per heavy atom. The first-order chi connectivity index (χ1) is 3.33. The first kappa shape index (κ1) is 32.2. The Labute approximate surface area is 86.1 Å². The van der Waals surface area contributed by atoms with Crippen LogP contribution in [0, 0.1) is 0 Å². The predicted molar refractivity (Wildman–Crippen MR) is 26.8 cm³/mol. The van der Waals surface area contributed by atoms with E-state index in [1.165, 1.54) is 0 Å². The molecular formula is C2H5CaO7-. The van der Waals surface area contributed by atoms with Gasteiger partial charge in [0.25, 0.3) is 6.47 Å². The van der Waals surface area contributed by atoms with E-state index in [4.69, 9.17) is 20.0 Å². The molecule has 0 atom stereocenters. The minimum absolute atomic E-state index is 0. The summed E-state index contributed by atoms with van der Waals surface area (Å²) >= 11 is 0. The van der Waals surface area contributed by atoms with Crippen molar-refractivity contribution in [1.29, 1.82) is 0 Å². The zero-order valence-corrected chi connectivity index (χ0v) is 7.02. The molecule has 4 N–H and O–H groups in total. The average molecular weight is 181 g/mol. The van der Waals surface area contributed by atoms with E-state index in [-0.39, 0.29) is 55.2 Å². The summed E-state index contributed by atoms with van der Waals surface area (Å²) in [4.78, 5) is 19.5. The van der Waals surface area contributed by atoms with Crippen molar-refractivity contribution in [1.82, 2.24) is 0 Å². The van der Waals surface area contributed by atoms with E-state index < -0.39 is 0 Å². The second-order valence-corrected chi connectivity index (χ2v) is 0.284. The molecule has 0 radical (unpaired) electrons. The summed E-state index contributed by atoms with van der Waals surface area (Å²) in [5, 5.41) is 15.2. The monoisotopic (exact) mass is 181 g/mol. The van der Waals surface area contributed by atoms with Crippen molar-refractivity contribution < 1.29 is 35.8 Å². The van der Waals surface area contributed by atoms with Gasteiger partial charge < -0.3 is 31.0 Å². The molecule has 8 heteroatoms. The van der Waals surface area contributed by atoms with E-state index in [0.717, 1.165) is 0 Å². The number of carbonyl (C=O) groups is 1. The van der Waals surface area contributed by atoms with Gasteiger partial charge in [-0.3, -0.25) is 4.79 Å². The van der Waals surface area contributed by atoms with Gasteiger partial charge in [-0.2, -0.15) is 0 Å². The van der Waals surface area contributed by atoms with Crippen LogP contribution in [0.2, 0.25) is 0 Å². The molecular weight excluding hydrogens is 176 g/mol. The van der Waals surface area contributed by atoms with Gasteiger partial charge in [0.2, 0.25) is 0 Å². The van der Waals surface area contributed by atoms with Crippen LogP contribution in [0.15, 0.2) is 0 Å². The molecule has 0 spiro atoms. The largest absolute Gasteiger partial charge is 2.00 e. The van der Waals surface area contributed by atoms with Crippen LogP contribution in [0.25, 0.3) is 0 Å². The molecule has 0 amide bonds. The van der Waals surface area contributed by atoms with Crippen LogP contribution in [-0.4, -0.2) is 66.7 Å². The van der Waals surface area contributed by atoms with Gasteiger partial charge in [-0.1, -0.05) is 6.47 Å². The fourth-order valence-electron chi connectivity index (χ4n) is 0. The number of hydrogen-bond donors (Lipinski definition) is 1. The fourth-order valence-corrected chi connectivity index (χ4v) is 0. The van der Waals surface area contributed by atoms with E-state index in [0.29, 0.717) is 6.47 Å². The van der Waals surface area contributed by atoms with E-state index in [1.54, 1.807) is 0 Å². The van der Waals surface area contributed by atoms with Crippen LogP contribution in [-0.2, 0) is 14.5 Å². The van der Waals surface area contributed by atoms with Crippen LogP contribution in [0.1, 0.15) is 0 Å². The van der Waals surface area contributed by atoms with Gasteiger partial charge in [-0.05, 0) is 0 Å². The summed E-state index contributed by atoms with van der Waals surface area (Å²) in [6.07, 6.45) is 0. The maximum absolute atomic E-state index is 8.64. The van der Waals surface area contributed by atoms with Crippen molar-refractivity contribution in [3.05, 3.63) is 0 Å². The first-order valence-corrected chi connectivity index (χ1v) is 1.07. The summed E-state index contributed by atoms with van der Waals surface area (Å²) < 4.78 is 0. The third-order valence-electron chi connectivity index (χ3n) is 0.0393. The van der Waals surface area contributed by atoms with Crippen molar-refractivity contribution in [2.75, 3.05) is 0 Å². The van der Waals surface area contributed by atoms with E-state index >= 15 is 0 Å². The summed E-state index contributed by atoms with van der Waals surface area (Å²) in [7, 11) is 0. The van der Waals surface area contributed by atoms with E-state index in [1.807, 2.05) is 0 Å². The Balaban J connectivity index is -0.0000000131. The van der Waals surface area contributed by atoms with Crippen molar-refractivity contribution in [3.8, 4) is 0 Å². The van der Waals surface area contributed by atoms with E-state index in [2.05, 4.69) is 4.89 Å². The summed E-state index contributed by atoms with van der Waals surface area (Å²) in [6, 6.07) is 0. The molecule has 58 valence electrons. The third-order valence-corrected chi connectivity index (χ3v) is 0.0393. The van der Waals surface area contributed by atoms with Crippen LogP contribution in [0.3, 0.4) is 0 Å². The minimum atomic E-state index is -0.181. The van der Waals surface area contributed by atoms with Crippen molar-refractivity contribution in [2.45, 2.75) is 0 Å². The maximum atomic E-state index is 8.64. The van der Waals surface area contributed by atoms with Crippen LogP contribution >= 0.6 is 0 Å². The quantitative estimate of drug-likeness (QED) is 0.147. The molecule has 0 aliphatic heterocycles. The average Bonchev–Trinajstić information content (AvgIpc) is 1.69. The van der Waals surface area contributed by atoms with Gasteiger partial charge in [-0.25, -0.2) is 0 Å². The summed E-state index contributed by atoms with van der Waals surface area (Å²) in [6.45, 7) is 0.319. The zero-order valence-electron chi connectivity index (χ0n) is 4.81. The predicted octanol–water partition coefficient (Wildman–Crippen LogP) is -3.34. The Bertz CT molecular complexity index is 46.9. The SMILES string of the molecule is O.O=CO[O-].O=[C-]O.[Ca+2].[OH-]. The van der Waals surface area contributed by atoms with Gasteiger partial charge in [0.05, 0.1) is 0 Å². The van der Waals surface area contributed by atoms with Gasteiger partial charge in [0, 0.05) is 0 Å². The molecule has 0 saturated carbocycles. The second kappa shape index (κ2) is 62.5. The van der Waals surface area contributed by atoms with Crippen molar-refractivity contribution >= 4 is 50.7 Å². The van der Waals surface area contributed by atoms with Crippen LogP contribution in [0.4, 0.5) is 0 Å². The molecule has 0 aromatic rings. The van der Waals surface area contributed by atoms with Crippen LogP contribution in [0.5, 0.6) is 0 Å². The molecule has 0 aromatic heterocycles. The van der Waals surface area contributed by atoms with Crippen LogP contribution < -0.4 is 5.26 Å². The molecule has 0 aliphatic rings. The molecule has 0 rings (SSSR count). The van der Waals surface area contributed by atoms with Gasteiger partial charge >= 0.3 is 37.7 Å². The number of aliphatic hydroxyl groups excluding tert-OH is 1. The Morgan fingerprint density at radius 1 is 1.60 bits per heavy atom. The molecule has 0 aliphatic carbocycles. The maximum Gasteiger partial charge on any atom is 2.00 e. The molecule has 0 fully saturated rings. The standard InChI is InChI=1S/CH2O3.CHO2.Ca.2H2O/c2-1-4-3;2-1-3;;;/h1,3H;(H,2,3);;2*1H2/q;-1;+2;;/p-2. The zero-order chi connectivity index (χ0) is 6.12. The van der Waals surface area contributed by atoms with Crippen molar-refractivity contribution in [3.63, 3.8) is 0 Å². The van der Waals surface area contributed by atoms with Gasteiger partial charge in [0.1, 0.15) is 0 Å². The smallest absolute Gasteiger partial charge is 0.870 e. The van der Waals surface area contributed by atoms with Crippen molar-refractivity contribution in [2.24, 2.45) is 0 Å². The molecule has 10 heavy (non-hydrogen) atoms. The number of hydrogen-bond acceptors (Lipinski definition) is 5. The molecule has 0 unspecified atom stereocenters. The molecule has 0 saturated heterocycles. The molecule has 7 nitrogen and oxygen atoms in total. The number of carbonyl (C=O) groups excluding carboxylic acids is 1. The fraction of sp³-hybridized carbons (Fsp3) is 0. The molecule has 0 heterocycles. The normalized spacial score (nSPS) is 3.30. The second-order valence-electron chi connectivity index (χ2n) is 0.284. The summed E-state index contributed by atoms with van der Waals surface area (Å²) in [5.74, 6) is 0. The molecule has 0 aromatic carbocycles. The number of rotatable bonds is 1. The van der Waals surface area contributed by atoms with E-state index in [9.17, 15) is 0 Å². The Kier molecular flexibility index (Phi) is 201. The van der Waals surface area contributed by atoms with Gasteiger partial charge in [0.15, 0.2) is 0 Å². The minimum Gasteiger partial charge on any atom is -0.870 e. The Hall–Kier alpha value is 0.0797. The third kappa shape index (κ3) is 347. The molecule has 0 bridgehead atoms. The first-order valence-electron chi connectivity index (χ1n) is 1.07. The topological polar surface area (TPSA) is 148 Å². The Morgan fingerprint density at radius 2 is 1.70 bits per heavy atom.